The summed E-state index contributed by atoms with van der Waals surface area (Å²) in [6, 6.07) is 0. The van der Waals surface area contributed by atoms with E-state index < -0.39 is 16.5 Å². The Kier molecular flexibility index (Phi) is 3.13. The van der Waals surface area contributed by atoms with E-state index in [1.807, 2.05) is 0 Å². The molecule has 0 aliphatic carbocycles. The molecule has 0 saturated heterocycles. The molecule has 0 saturated carbocycles. The summed E-state index contributed by atoms with van der Waals surface area (Å²) in [5.74, 6) is -1.15. The molecule has 13 heavy (non-hydrogen) atoms. The molecule has 0 rings (SSSR count). The Balaban J connectivity index is 4.80. The second-order valence-corrected chi connectivity index (χ2v) is 4.09. The molecular weight excluding hydrogens is 165 g/mol. The number of guanidine groups is 1. The maximum Gasteiger partial charge on any atom is 0.294 e. The number of nitrogens with two attached hydrogens (primary N) is 1. The van der Waals surface area contributed by atoms with Gasteiger partial charge in [-0.15, -0.1) is 0 Å². The number of carbonyl (C=O) groups is 1. The summed E-state index contributed by atoms with van der Waals surface area (Å²) in [7, 11) is 6.57. The lowest BCUT2D eigenvalue weighted by Crippen LogP contribution is -2.62. The summed E-state index contributed by atoms with van der Waals surface area (Å²) >= 11 is 0. The number of hydrogen-bond donors (Lipinski definition) is 4. The van der Waals surface area contributed by atoms with Gasteiger partial charge in [-0.3, -0.25) is 10.2 Å². The zero-order valence-electron chi connectivity index (χ0n) is 8.43. The Morgan fingerprint density at radius 2 is 1.77 bits per heavy atom. The molecule has 0 fully saturated rings. The van der Waals surface area contributed by atoms with Gasteiger partial charge in [-0.05, 0) is 5.34 Å². The maximum atomic E-state index is 10.9. The third-order valence-corrected chi connectivity index (χ3v) is 2.54. The van der Waals surface area contributed by atoms with Gasteiger partial charge in [0.15, 0.2) is 5.96 Å². The van der Waals surface area contributed by atoms with Crippen LogP contribution in [0.5, 0.6) is 0 Å². The van der Waals surface area contributed by atoms with E-state index in [-0.39, 0.29) is 5.96 Å². The summed E-state index contributed by atoms with van der Waals surface area (Å²) < 4.78 is 0. The molecule has 5 N–H and O–H groups in total. The third-order valence-electron chi connectivity index (χ3n) is 2.54. The molecule has 5 nitrogen and oxygen atoms in total. The van der Waals surface area contributed by atoms with Gasteiger partial charge in [0.05, 0.1) is 0 Å². The normalized spacial score (nSPS) is 12.0. The summed E-state index contributed by atoms with van der Waals surface area (Å²) in [5, 5.41) is 16.9. The number of carboxylic acids is 1. The molecule has 0 atom stereocenters. The molecule has 0 aromatic heterocycles. The molecule has 68 valence electrons. The first-order valence-electron chi connectivity index (χ1n) is 3.97. The Morgan fingerprint density at radius 3 is 2.00 bits per heavy atom. The van der Waals surface area contributed by atoms with Crippen molar-refractivity contribution in [1.82, 2.24) is 5.32 Å². The Hall–Kier alpha value is -1.00. The summed E-state index contributed by atoms with van der Waals surface area (Å²) in [4.78, 5) is 10.9. The number of hydrogen-bond acceptors (Lipinski definition) is 2. The Labute approximate surface area is 81.0 Å². The van der Waals surface area contributed by atoms with Crippen molar-refractivity contribution in [2.45, 2.75) is 10.6 Å². The van der Waals surface area contributed by atoms with E-state index in [2.05, 4.69) is 5.32 Å². The SMILES string of the molecule is BC(B)(NC(=N)N)C(B)(B)C(=O)O. The minimum Gasteiger partial charge on any atom is -0.482 e. The fourth-order valence-electron chi connectivity index (χ4n) is 0.760. The number of nitrogens with one attached hydrogen (secondary N) is 2. The van der Waals surface area contributed by atoms with Gasteiger partial charge in [0.2, 0.25) is 0 Å². The highest BCUT2D eigenvalue weighted by Crippen LogP contribution is 2.26. The van der Waals surface area contributed by atoms with Crippen molar-refractivity contribution < 1.29 is 9.90 Å². The van der Waals surface area contributed by atoms with Crippen LogP contribution in [0.1, 0.15) is 0 Å². The van der Waals surface area contributed by atoms with Gasteiger partial charge in [0, 0.05) is 5.21 Å². The molecule has 0 radical (unpaired) electrons. The van der Waals surface area contributed by atoms with Crippen LogP contribution in [0, 0.1) is 5.41 Å². The smallest absolute Gasteiger partial charge is 0.294 e. The molecular formula is C4H13B4N3O2. The van der Waals surface area contributed by atoms with Crippen LogP contribution in [0.25, 0.3) is 0 Å². The van der Waals surface area contributed by atoms with Crippen molar-refractivity contribution in [3.63, 3.8) is 0 Å². The predicted molar refractivity (Wildman–Crippen MR) is 62.3 cm³/mol. The highest BCUT2D eigenvalue weighted by Gasteiger charge is 2.42. The van der Waals surface area contributed by atoms with Crippen LogP contribution in [-0.4, -0.2) is 53.8 Å². The van der Waals surface area contributed by atoms with Crippen LogP contribution in [0.15, 0.2) is 0 Å². The molecule has 0 spiro atoms. The fraction of sp³-hybridized carbons (Fsp3) is 0.500. The summed E-state index contributed by atoms with van der Waals surface area (Å²) in [5.41, 5.74) is 5.15. The summed E-state index contributed by atoms with van der Waals surface area (Å²) in [6.45, 7) is 0. The van der Waals surface area contributed by atoms with E-state index in [0.717, 1.165) is 0 Å². The minimum absolute atomic E-state index is 0.223. The van der Waals surface area contributed by atoms with Crippen LogP contribution in [-0.2, 0) is 4.79 Å². The maximum absolute atomic E-state index is 10.9. The highest BCUT2D eigenvalue weighted by molar-refractivity contribution is 6.61. The molecule has 0 bridgehead atoms. The van der Waals surface area contributed by atoms with Crippen LogP contribution in [0.4, 0.5) is 0 Å². The number of rotatable bonds is 3. The van der Waals surface area contributed by atoms with Gasteiger partial charge in [-0.25, -0.2) is 0 Å². The van der Waals surface area contributed by atoms with Gasteiger partial charge in [-0.1, -0.05) is 0 Å². The first-order valence-corrected chi connectivity index (χ1v) is 3.97. The monoisotopic (exact) mass is 179 g/mol. The zero-order chi connectivity index (χ0) is 10.9. The van der Waals surface area contributed by atoms with Crippen molar-refractivity contribution in [2.24, 2.45) is 5.73 Å². The van der Waals surface area contributed by atoms with Crippen LogP contribution in [0.2, 0.25) is 5.21 Å². The lowest BCUT2D eigenvalue weighted by molar-refractivity contribution is -0.138. The Bertz CT molecular complexity index is 242. The number of carboxylic acid groups (broad SMARTS) is 1. The van der Waals surface area contributed by atoms with Crippen molar-refractivity contribution in [3.8, 4) is 0 Å². The van der Waals surface area contributed by atoms with Crippen molar-refractivity contribution in [1.29, 1.82) is 5.41 Å². The lowest BCUT2D eigenvalue weighted by atomic mass is 9.33. The molecule has 0 aromatic carbocycles. The van der Waals surface area contributed by atoms with Gasteiger partial charge in [0.25, 0.3) is 5.97 Å². The van der Waals surface area contributed by atoms with E-state index in [9.17, 15) is 4.79 Å². The van der Waals surface area contributed by atoms with E-state index in [1.165, 1.54) is 0 Å². The topological polar surface area (TPSA) is 99.2 Å². The second kappa shape index (κ2) is 3.39. The van der Waals surface area contributed by atoms with E-state index in [0.29, 0.717) is 0 Å². The van der Waals surface area contributed by atoms with Gasteiger partial charge < -0.3 is 16.2 Å². The van der Waals surface area contributed by atoms with Crippen LogP contribution in [0.3, 0.4) is 0 Å². The van der Waals surface area contributed by atoms with Crippen LogP contribution >= 0.6 is 0 Å². The predicted octanol–water partition coefficient (Wildman–Crippen LogP) is -5.14. The van der Waals surface area contributed by atoms with E-state index >= 15 is 0 Å². The van der Waals surface area contributed by atoms with Crippen molar-refractivity contribution in [2.75, 3.05) is 0 Å². The average Bonchev–Trinajstić information content (AvgIpc) is 1.83. The molecule has 0 amide bonds. The lowest BCUT2D eigenvalue weighted by Gasteiger charge is -2.39. The largest absolute Gasteiger partial charge is 0.482 e. The molecule has 0 heterocycles. The van der Waals surface area contributed by atoms with Crippen molar-refractivity contribution in [3.05, 3.63) is 0 Å². The summed E-state index contributed by atoms with van der Waals surface area (Å²) in [6.07, 6.45) is 0. The van der Waals surface area contributed by atoms with E-state index in [1.54, 1.807) is 31.4 Å². The zero-order valence-corrected chi connectivity index (χ0v) is 8.43. The minimum atomic E-state index is -0.987. The Morgan fingerprint density at radius 1 is 1.38 bits per heavy atom. The highest BCUT2D eigenvalue weighted by atomic mass is 16.4. The van der Waals surface area contributed by atoms with Gasteiger partial charge in [0.1, 0.15) is 31.4 Å². The van der Waals surface area contributed by atoms with Gasteiger partial charge >= 0.3 is 0 Å². The third kappa shape index (κ3) is 2.47. The molecule has 0 aliphatic heterocycles. The second-order valence-electron chi connectivity index (χ2n) is 4.09. The first kappa shape index (κ1) is 12.0. The van der Waals surface area contributed by atoms with Crippen molar-refractivity contribution >= 4 is 43.3 Å². The quantitative estimate of drug-likeness (QED) is 0.197. The average molecular weight is 178 g/mol. The van der Waals surface area contributed by atoms with E-state index in [4.69, 9.17) is 16.2 Å². The molecule has 0 aromatic rings. The molecule has 9 heteroatoms. The standard InChI is InChI=1S/C4H13B4N3O2/c5-3(6,1(12)13)4(7,8)11-2(9)10/h5-8H2,(H,12,13)(H4,9,10,11). The first-order chi connectivity index (χ1) is 5.61. The molecule has 0 aliphatic rings. The van der Waals surface area contributed by atoms with Gasteiger partial charge in [-0.2, -0.15) is 0 Å². The van der Waals surface area contributed by atoms with Crippen LogP contribution < -0.4 is 11.1 Å². The fourth-order valence-corrected chi connectivity index (χ4v) is 0.760. The molecule has 0 unspecified atom stereocenters. The number of aliphatic carboxylic acids is 1.